The van der Waals surface area contributed by atoms with Gasteiger partial charge in [0.05, 0.1) is 13.2 Å². The minimum absolute atomic E-state index is 0.0530. The van der Waals surface area contributed by atoms with Gasteiger partial charge in [-0.2, -0.15) is 0 Å². The Kier molecular flexibility index (Phi) is 9.50. The van der Waals surface area contributed by atoms with Gasteiger partial charge in [0.1, 0.15) is 0 Å². The van der Waals surface area contributed by atoms with Crippen molar-refractivity contribution in [3.63, 3.8) is 0 Å². The molecule has 0 aromatic heterocycles. The monoisotopic (exact) mass is 306 g/mol. The molecule has 0 fully saturated rings. The zero-order valence-corrected chi connectivity index (χ0v) is 13.3. The van der Waals surface area contributed by atoms with E-state index >= 15 is 0 Å². The van der Waals surface area contributed by atoms with Crippen molar-refractivity contribution in [1.29, 1.82) is 0 Å². The summed E-state index contributed by atoms with van der Waals surface area (Å²) in [6.45, 7) is 3.03. The van der Waals surface area contributed by atoms with Gasteiger partial charge in [-0.15, -0.1) is 0 Å². The summed E-state index contributed by atoms with van der Waals surface area (Å²) < 4.78 is 4.98. The third kappa shape index (κ3) is 9.00. The van der Waals surface area contributed by atoms with Crippen LogP contribution in [0.3, 0.4) is 0 Å². The summed E-state index contributed by atoms with van der Waals surface area (Å²) in [7, 11) is 0. The Morgan fingerprint density at radius 2 is 1.82 bits per heavy atom. The fourth-order valence-electron chi connectivity index (χ4n) is 1.95. The second-order valence-electron chi connectivity index (χ2n) is 5.14. The maximum atomic E-state index is 11.6. The van der Waals surface area contributed by atoms with Crippen molar-refractivity contribution < 1.29 is 14.3 Å². The smallest absolute Gasteiger partial charge is 0.407 e. The number of rotatable bonds is 10. The van der Waals surface area contributed by atoms with Gasteiger partial charge in [0.25, 0.3) is 0 Å². The molecule has 2 amide bonds. The van der Waals surface area contributed by atoms with Gasteiger partial charge in [0.15, 0.2) is 0 Å². The third-order valence-electron chi connectivity index (χ3n) is 3.20. The summed E-state index contributed by atoms with van der Waals surface area (Å²) >= 11 is 0. The van der Waals surface area contributed by atoms with Gasteiger partial charge in [-0.1, -0.05) is 56.5 Å². The van der Waals surface area contributed by atoms with E-state index in [9.17, 15) is 9.59 Å². The van der Waals surface area contributed by atoms with Crippen molar-refractivity contribution in [2.75, 3.05) is 19.7 Å². The van der Waals surface area contributed by atoms with Crippen LogP contribution in [0.25, 0.3) is 0 Å². The summed E-state index contributed by atoms with van der Waals surface area (Å²) in [6.07, 6.45) is 4.46. The van der Waals surface area contributed by atoms with Crippen molar-refractivity contribution in [3.8, 4) is 0 Å². The van der Waals surface area contributed by atoms with Crippen LogP contribution >= 0.6 is 0 Å². The average Bonchev–Trinajstić information content (AvgIpc) is 2.54. The number of carbonyl (C=O) groups is 2. The van der Waals surface area contributed by atoms with Gasteiger partial charge >= 0.3 is 6.09 Å². The van der Waals surface area contributed by atoms with Crippen LogP contribution in [-0.2, 0) is 16.0 Å². The number of nitrogens with one attached hydrogen (secondary N) is 2. The maximum absolute atomic E-state index is 11.6. The van der Waals surface area contributed by atoms with Crippen molar-refractivity contribution in [3.05, 3.63) is 35.9 Å². The lowest BCUT2D eigenvalue weighted by Crippen LogP contribution is -2.38. The molecule has 0 saturated heterocycles. The molecule has 0 heterocycles. The SMILES string of the molecule is CCCCCCOC(=O)NCC(=O)NCCc1ccccc1. The number of carbonyl (C=O) groups excluding carboxylic acids is 2. The lowest BCUT2D eigenvalue weighted by Gasteiger charge is -2.08. The fourth-order valence-corrected chi connectivity index (χ4v) is 1.95. The second kappa shape index (κ2) is 11.6. The van der Waals surface area contributed by atoms with Crippen LogP contribution < -0.4 is 10.6 Å². The van der Waals surface area contributed by atoms with Crippen LogP contribution in [0.2, 0.25) is 0 Å². The highest BCUT2D eigenvalue weighted by Gasteiger charge is 2.05. The molecule has 1 rings (SSSR count). The number of hydrogen-bond donors (Lipinski definition) is 2. The minimum Gasteiger partial charge on any atom is -0.450 e. The molecule has 22 heavy (non-hydrogen) atoms. The third-order valence-corrected chi connectivity index (χ3v) is 3.20. The largest absolute Gasteiger partial charge is 0.450 e. The van der Waals surface area contributed by atoms with Crippen LogP contribution in [0.5, 0.6) is 0 Å². The van der Waals surface area contributed by atoms with Crippen LogP contribution in [0, 0.1) is 0 Å². The molecule has 0 unspecified atom stereocenters. The molecular formula is C17H26N2O3. The summed E-state index contributed by atoms with van der Waals surface area (Å²) in [6, 6.07) is 9.92. The van der Waals surface area contributed by atoms with Crippen molar-refractivity contribution in [1.82, 2.24) is 10.6 Å². The predicted octanol–water partition coefficient (Wildman–Crippen LogP) is 2.65. The minimum atomic E-state index is -0.533. The standard InChI is InChI=1S/C17H26N2O3/c1-2-3-4-8-13-22-17(21)19-14-16(20)18-12-11-15-9-6-5-7-10-15/h5-7,9-10H,2-4,8,11-14H2,1H3,(H,18,20)(H,19,21). The molecule has 0 bridgehead atoms. The maximum Gasteiger partial charge on any atom is 0.407 e. The average molecular weight is 306 g/mol. The van der Waals surface area contributed by atoms with Crippen LogP contribution in [-0.4, -0.2) is 31.7 Å². The van der Waals surface area contributed by atoms with Gasteiger partial charge in [-0.3, -0.25) is 4.79 Å². The molecule has 1 aromatic carbocycles. The molecular weight excluding hydrogens is 280 g/mol. The fraction of sp³-hybridized carbons (Fsp3) is 0.529. The van der Waals surface area contributed by atoms with Gasteiger partial charge in [-0.05, 0) is 18.4 Å². The van der Waals surface area contributed by atoms with E-state index in [0.29, 0.717) is 13.2 Å². The summed E-state index contributed by atoms with van der Waals surface area (Å²) in [5.74, 6) is -0.209. The van der Waals surface area contributed by atoms with E-state index in [2.05, 4.69) is 17.6 Å². The van der Waals surface area contributed by atoms with E-state index in [-0.39, 0.29) is 12.5 Å². The number of amides is 2. The number of ether oxygens (including phenoxy) is 1. The van der Waals surface area contributed by atoms with Crippen molar-refractivity contribution >= 4 is 12.0 Å². The molecule has 0 aliphatic rings. The summed E-state index contributed by atoms with van der Waals surface area (Å²) in [4.78, 5) is 22.9. The van der Waals surface area contributed by atoms with Gasteiger partial charge in [-0.25, -0.2) is 4.79 Å². The molecule has 0 aliphatic heterocycles. The molecule has 2 N–H and O–H groups in total. The van der Waals surface area contributed by atoms with Crippen LogP contribution in [0.4, 0.5) is 4.79 Å². The Balaban J connectivity index is 2.01. The highest BCUT2D eigenvalue weighted by Crippen LogP contribution is 1.99. The molecule has 0 saturated carbocycles. The quantitative estimate of drug-likeness (QED) is 0.653. The van der Waals surface area contributed by atoms with E-state index in [0.717, 1.165) is 32.1 Å². The van der Waals surface area contributed by atoms with Crippen molar-refractivity contribution in [2.45, 2.75) is 39.0 Å². The highest BCUT2D eigenvalue weighted by molar-refractivity contribution is 5.82. The van der Waals surface area contributed by atoms with Crippen LogP contribution in [0.1, 0.15) is 38.2 Å². The number of alkyl carbamates (subject to hydrolysis) is 1. The number of unbranched alkanes of at least 4 members (excludes halogenated alkanes) is 3. The Morgan fingerprint density at radius 3 is 2.55 bits per heavy atom. The lowest BCUT2D eigenvalue weighted by atomic mass is 10.1. The Hall–Kier alpha value is -2.04. The Bertz CT molecular complexity index is 435. The van der Waals surface area contributed by atoms with E-state index in [1.54, 1.807) is 0 Å². The molecule has 0 spiro atoms. The predicted molar refractivity (Wildman–Crippen MR) is 86.6 cm³/mol. The van der Waals surface area contributed by atoms with E-state index < -0.39 is 6.09 Å². The zero-order chi connectivity index (χ0) is 16.0. The van der Waals surface area contributed by atoms with E-state index in [1.807, 2.05) is 30.3 Å². The van der Waals surface area contributed by atoms with Gasteiger partial charge in [0, 0.05) is 6.54 Å². The second-order valence-corrected chi connectivity index (χ2v) is 5.14. The topological polar surface area (TPSA) is 67.4 Å². The number of benzene rings is 1. The van der Waals surface area contributed by atoms with E-state index in [4.69, 9.17) is 4.74 Å². The molecule has 5 nitrogen and oxygen atoms in total. The first kappa shape index (κ1) is 18.0. The molecule has 122 valence electrons. The first-order chi connectivity index (χ1) is 10.7. The molecule has 0 aliphatic carbocycles. The summed E-state index contributed by atoms with van der Waals surface area (Å²) in [5.41, 5.74) is 1.17. The number of hydrogen-bond acceptors (Lipinski definition) is 3. The molecule has 1 aromatic rings. The van der Waals surface area contributed by atoms with Gasteiger partial charge < -0.3 is 15.4 Å². The molecule has 0 radical (unpaired) electrons. The molecule has 5 heteroatoms. The first-order valence-electron chi connectivity index (χ1n) is 7.93. The Morgan fingerprint density at radius 1 is 1.05 bits per heavy atom. The highest BCUT2D eigenvalue weighted by atomic mass is 16.5. The van der Waals surface area contributed by atoms with E-state index in [1.165, 1.54) is 5.56 Å². The van der Waals surface area contributed by atoms with Gasteiger partial charge in [0.2, 0.25) is 5.91 Å². The first-order valence-corrected chi connectivity index (χ1v) is 7.93. The van der Waals surface area contributed by atoms with Crippen LogP contribution in [0.15, 0.2) is 30.3 Å². The lowest BCUT2D eigenvalue weighted by molar-refractivity contribution is -0.120. The summed E-state index contributed by atoms with van der Waals surface area (Å²) in [5, 5.41) is 5.21. The Labute approximate surface area is 132 Å². The van der Waals surface area contributed by atoms with Crippen molar-refractivity contribution in [2.24, 2.45) is 0 Å². The molecule has 0 atom stereocenters. The zero-order valence-electron chi connectivity index (χ0n) is 13.3. The normalized spacial score (nSPS) is 10.0.